The summed E-state index contributed by atoms with van der Waals surface area (Å²) in [4.78, 5) is 6.59. The number of benzene rings is 3. The molecule has 5 nitrogen and oxygen atoms in total. The molecule has 0 saturated heterocycles. The van der Waals surface area contributed by atoms with Crippen molar-refractivity contribution in [3.05, 3.63) is 107 Å². The first-order chi connectivity index (χ1) is 16.5. The summed E-state index contributed by atoms with van der Waals surface area (Å²) < 4.78 is 19.4. The van der Waals surface area contributed by atoms with Crippen LogP contribution in [0.15, 0.2) is 89.1 Å². The van der Waals surface area contributed by atoms with Crippen LogP contribution in [0.3, 0.4) is 0 Å². The van der Waals surface area contributed by atoms with E-state index in [0.717, 1.165) is 34.5 Å². The van der Waals surface area contributed by atoms with Crippen molar-refractivity contribution >= 4 is 28.6 Å². The Bertz CT molecular complexity index is 1350. The second-order valence-electron chi connectivity index (χ2n) is 8.08. The van der Waals surface area contributed by atoms with Gasteiger partial charge in [-0.25, -0.2) is 4.39 Å². The molecule has 0 fully saturated rings. The number of hydrogen-bond donors (Lipinski definition) is 1. The molecule has 1 aliphatic heterocycles. The van der Waals surface area contributed by atoms with Gasteiger partial charge in [-0.15, -0.1) is 0 Å². The number of aryl methyl sites for hydroxylation is 1. The van der Waals surface area contributed by atoms with Gasteiger partial charge in [-0.3, -0.25) is 4.90 Å². The highest BCUT2D eigenvalue weighted by Gasteiger charge is 2.34. The third kappa shape index (κ3) is 4.10. The Hall–Kier alpha value is -3.84. The van der Waals surface area contributed by atoms with Gasteiger partial charge in [-0.1, -0.05) is 66.7 Å². The van der Waals surface area contributed by atoms with Crippen molar-refractivity contribution in [1.82, 2.24) is 15.5 Å². The van der Waals surface area contributed by atoms with E-state index < -0.39 is 0 Å². The zero-order chi connectivity index (χ0) is 23.7. The van der Waals surface area contributed by atoms with Crippen LogP contribution in [-0.4, -0.2) is 15.3 Å². The van der Waals surface area contributed by atoms with Crippen molar-refractivity contribution in [3.63, 3.8) is 0 Å². The second-order valence-corrected chi connectivity index (χ2v) is 8.46. The van der Waals surface area contributed by atoms with Crippen molar-refractivity contribution < 1.29 is 8.91 Å². The van der Waals surface area contributed by atoms with Crippen molar-refractivity contribution in [2.24, 2.45) is 0 Å². The first-order valence-electron chi connectivity index (χ1n) is 11.1. The highest BCUT2D eigenvalue weighted by atomic mass is 32.1. The van der Waals surface area contributed by atoms with E-state index in [-0.39, 0.29) is 11.9 Å². The molecule has 0 radical (unpaired) electrons. The van der Waals surface area contributed by atoms with Crippen LogP contribution in [0.1, 0.15) is 36.9 Å². The Morgan fingerprint density at radius 3 is 2.38 bits per heavy atom. The fourth-order valence-corrected chi connectivity index (χ4v) is 4.51. The Kier molecular flexibility index (Phi) is 5.94. The van der Waals surface area contributed by atoms with Gasteiger partial charge in [0.05, 0.1) is 11.6 Å². The molecule has 0 saturated carbocycles. The predicted molar refractivity (Wildman–Crippen MR) is 136 cm³/mol. The first-order valence-corrected chi connectivity index (χ1v) is 11.5. The minimum absolute atomic E-state index is 0.279. The first kappa shape index (κ1) is 22.0. The maximum Gasteiger partial charge on any atom is 0.258 e. The fourth-order valence-electron chi connectivity index (χ4n) is 4.15. The number of anilines is 1. The molecule has 0 amide bonds. The van der Waals surface area contributed by atoms with Gasteiger partial charge in [0.25, 0.3) is 5.89 Å². The number of nitrogens with one attached hydrogen (secondary N) is 1. The summed E-state index contributed by atoms with van der Waals surface area (Å²) in [6.07, 6.45) is 0.959. The number of hydrogen-bond acceptors (Lipinski definition) is 4. The van der Waals surface area contributed by atoms with E-state index in [0.29, 0.717) is 16.8 Å². The van der Waals surface area contributed by atoms with Gasteiger partial charge in [0.2, 0.25) is 5.82 Å². The Balaban J connectivity index is 1.64. The quantitative estimate of drug-likeness (QED) is 0.345. The summed E-state index contributed by atoms with van der Waals surface area (Å²) in [5.74, 6) is 0.611. The van der Waals surface area contributed by atoms with Crippen LogP contribution >= 0.6 is 12.2 Å². The van der Waals surface area contributed by atoms with Gasteiger partial charge >= 0.3 is 0 Å². The molecule has 1 aromatic heterocycles. The van der Waals surface area contributed by atoms with E-state index >= 15 is 0 Å². The van der Waals surface area contributed by atoms with E-state index in [1.807, 2.05) is 42.2 Å². The summed E-state index contributed by atoms with van der Waals surface area (Å²) >= 11 is 5.75. The summed E-state index contributed by atoms with van der Waals surface area (Å²) in [6.45, 7) is 4.09. The molecule has 5 rings (SSSR count). The summed E-state index contributed by atoms with van der Waals surface area (Å²) in [5, 5.41) is 8.18. The topological polar surface area (TPSA) is 54.2 Å². The maximum atomic E-state index is 13.6. The number of nitrogens with zero attached hydrogens (tertiary/aromatic N) is 3. The standard InChI is InChI=1S/C27H23FN4OS/c1-3-18-9-11-19(12-10-18)24-23(26-30-25(31-33-26)20-7-5-4-6-8-20)17(2)32(27(34)29-24)22-15-13-21(28)14-16-22/h4-16,24H,3H2,1-2H3,(H,29,34). The molecule has 34 heavy (non-hydrogen) atoms. The zero-order valence-corrected chi connectivity index (χ0v) is 19.6. The van der Waals surface area contributed by atoms with Crippen LogP contribution in [0.5, 0.6) is 0 Å². The summed E-state index contributed by atoms with van der Waals surface area (Å²) in [6, 6.07) is 24.1. The van der Waals surface area contributed by atoms with E-state index in [4.69, 9.17) is 21.7 Å². The van der Waals surface area contributed by atoms with Crippen LogP contribution in [0, 0.1) is 5.82 Å². The van der Waals surface area contributed by atoms with Gasteiger partial charge in [-0.2, -0.15) is 4.98 Å². The third-order valence-corrected chi connectivity index (χ3v) is 6.28. The molecule has 1 atom stereocenters. The minimum atomic E-state index is -0.306. The average molecular weight is 471 g/mol. The SMILES string of the molecule is CCc1ccc(C2NC(=S)N(c3ccc(F)cc3)C(C)=C2c2nc(-c3ccccc3)no2)cc1. The molecule has 0 spiro atoms. The molecule has 7 heteroatoms. The number of thiocarbonyl (C=S) groups is 1. The molecule has 3 aromatic carbocycles. The average Bonchev–Trinajstić information content (AvgIpc) is 3.35. The molecule has 2 heterocycles. The lowest BCUT2D eigenvalue weighted by molar-refractivity contribution is 0.404. The lowest BCUT2D eigenvalue weighted by Gasteiger charge is -2.37. The smallest absolute Gasteiger partial charge is 0.258 e. The van der Waals surface area contributed by atoms with Crippen molar-refractivity contribution in [3.8, 4) is 11.4 Å². The Morgan fingerprint density at radius 2 is 1.71 bits per heavy atom. The monoisotopic (exact) mass is 470 g/mol. The van der Waals surface area contributed by atoms with Gasteiger partial charge in [0.1, 0.15) is 5.82 Å². The van der Waals surface area contributed by atoms with Crippen molar-refractivity contribution in [1.29, 1.82) is 0 Å². The number of rotatable bonds is 5. The van der Waals surface area contributed by atoms with E-state index in [9.17, 15) is 4.39 Å². The zero-order valence-electron chi connectivity index (χ0n) is 18.8. The van der Waals surface area contributed by atoms with Crippen molar-refractivity contribution in [2.45, 2.75) is 26.3 Å². The number of aromatic nitrogens is 2. The maximum absolute atomic E-state index is 13.6. The number of allylic oxidation sites excluding steroid dienone is 1. The lowest BCUT2D eigenvalue weighted by Crippen LogP contribution is -2.46. The van der Waals surface area contributed by atoms with Crippen LogP contribution in [-0.2, 0) is 6.42 Å². The van der Waals surface area contributed by atoms with Gasteiger partial charge in [0, 0.05) is 16.9 Å². The summed E-state index contributed by atoms with van der Waals surface area (Å²) in [7, 11) is 0. The highest BCUT2D eigenvalue weighted by Crippen LogP contribution is 2.39. The van der Waals surface area contributed by atoms with Crippen LogP contribution < -0.4 is 10.2 Å². The molecule has 1 unspecified atom stereocenters. The van der Waals surface area contributed by atoms with E-state index in [2.05, 4.69) is 41.7 Å². The molecule has 170 valence electrons. The van der Waals surface area contributed by atoms with Crippen LogP contribution in [0.2, 0.25) is 0 Å². The number of halogens is 1. The summed E-state index contributed by atoms with van der Waals surface area (Å²) in [5.41, 5.74) is 5.56. The lowest BCUT2D eigenvalue weighted by atomic mass is 9.93. The highest BCUT2D eigenvalue weighted by molar-refractivity contribution is 7.80. The van der Waals surface area contributed by atoms with E-state index in [1.165, 1.54) is 17.7 Å². The third-order valence-electron chi connectivity index (χ3n) is 5.98. The second kappa shape index (κ2) is 9.19. The molecule has 1 aliphatic rings. The van der Waals surface area contributed by atoms with Gasteiger partial charge in [0.15, 0.2) is 5.11 Å². The van der Waals surface area contributed by atoms with Crippen LogP contribution in [0.4, 0.5) is 10.1 Å². The fraction of sp³-hybridized carbons (Fsp3) is 0.148. The minimum Gasteiger partial charge on any atom is -0.351 e. The van der Waals surface area contributed by atoms with Crippen LogP contribution in [0.25, 0.3) is 17.0 Å². The predicted octanol–water partition coefficient (Wildman–Crippen LogP) is 6.31. The molecule has 1 N–H and O–H groups in total. The Morgan fingerprint density at radius 1 is 1.00 bits per heavy atom. The van der Waals surface area contributed by atoms with E-state index in [1.54, 1.807) is 12.1 Å². The van der Waals surface area contributed by atoms with Gasteiger partial charge < -0.3 is 9.84 Å². The molecular formula is C27H23FN4OS. The van der Waals surface area contributed by atoms with Crippen molar-refractivity contribution in [2.75, 3.05) is 4.90 Å². The largest absolute Gasteiger partial charge is 0.351 e. The normalized spacial score (nSPS) is 16.0. The Labute approximate surface area is 202 Å². The molecule has 0 aliphatic carbocycles. The molecular weight excluding hydrogens is 447 g/mol. The van der Waals surface area contributed by atoms with Gasteiger partial charge in [-0.05, 0) is 61.0 Å². The molecule has 0 bridgehead atoms. The molecule has 4 aromatic rings.